The average molecular weight is 168 g/mol. The van der Waals surface area contributed by atoms with Gasteiger partial charge in [0.2, 0.25) is 0 Å². The molecule has 0 unspecified atom stereocenters. The van der Waals surface area contributed by atoms with Crippen LogP contribution in [0.15, 0.2) is 0 Å². The lowest BCUT2D eigenvalue weighted by molar-refractivity contribution is -0.307. The molecule has 0 aromatic carbocycles. The van der Waals surface area contributed by atoms with Gasteiger partial charge in [-0.05, 0) is 18.8 Å². The number of alkyl halides is 3. The SMILES string of the molecule is COC1(C(F)(F)F)CC(C)C1. The van der Waals surface area contributed by atoms with Crippen molar-refractivity contribution in [2.24, 2.45) is 5.92 Å². The van der Waals surface area contributed by atoms with E-state index in [1.807, 2.05) is 0 Å². The zero-order valence-electron chi connectivity index (χ0n) is 6.53. The van der Waals surface area contributed by atoms with E-state index in [-0.39, 0.29) is 18.8 Å². The second-order valence-electron chi connectivity index (χ2n) is 3.21. The highest BCUT2D eigenvalue weighted by molar-refractivity contribution is 4.99. The van der Waals surface area contributed by atoms with E-state index in [2.05, 4.69) is 4.74 Å². The smallest absolute Gasteiger partial charge is 0.369 e. The van der Waals surface area contributed by atoms with Crippen molar-refractivity contribution in [1.29, 1.82) is 0 Å². The first-order chi connectivity index (χ1) is 4.91. The van der Waals surface area contributed by atoms with Gasteiger partial charge in [0.15, 0.2) is 5.60 Å². The molecule has 1 aliphatic rings. The third-order valence-electron chi connectivity index (χ3n) is 2.26. The summed E-state index contributed by atoms with van der Waals surface area (Å²) in [4.78, 5) is 0. The Labute approximate surface area is 63.5 Å². The van der Waals surface area contributed by atoms with E-state index >= 15 is 0 Å². The largest absolute Gasteiger partial charge is 0.417 e. The van der Waals surface area contributed by atoms with Gasteiger partial charge in [-0.2, -0.15) is 13.2 Å². The Morgan fingerprint density at radius 2 is 1.82 bits per heavy atom. The van der Waals surface area contributed by atoms with Crippen LogP contribution in [0.25, 0.3) is 0 Å². The lowest BCUT2D eigenvalue weighted by Gasteiger charge is -2.45. The molecule has 0 spiro atoms. The molecule has 4 heteroatoms. The maximum Gasteiger partial charge on any atom is 0.417 e. The number of hydrogen-bond donors (Lipinski definition) is 0. The van der Waals surface area contributed by atoms with Crippen LogP contribution in [0.2, 0.25) is 0 Å². The summed E-state index contributed by atoms with van der Waals surface area (Å²) in [5.41, 5.74) is -1.83. The molecular weight excluding hydrogens is 157 g/mol. The molecule has 0 aromatic rings. The van der Waals surface area contributed by atoms with Crippen molar-refractivity contribution in [3.8, 4) is 0 Å². The maximum absolute atomic E-state index is 12.2. The topological polar surface area (TPSA) is 9.23 Å². The average Bonchev–Trinajstić information content (AvgIpc) is 1.77. The second-order valence-corrected chi connectivity index (χ2v) is 3.21. The Morgan fingerprint density at radius 3 is 1.91 bits per heavy atom. The molecule has 66 valence electrons. The first-order valence-corrected chi connectivity index (χ1v) is 3.53. The molecule has 1 saturated carbocycles. The first-order valence-electron chi connectivity index (χ1n) is 3.53. The number of ether oxygens (including phenoxy) is 1. The molecule has 0 bridgehead atoms. The standard InChI is InChI=1S/C7H11F3O/c1-5-3-6(4-5,11-2)7(8,9)10/h5H,3-4H2,1-2H3. The minimum absolute atomic E-state index is 0.104. The first kappa shape index (κ1) is 8.84. The van der Waals surface area contributed by atoms with Crippen LogP contribution in [-0.4, -0.2) is 18.9 Å². The van der Waals surface area contributed by atoms with Gasteiger partial charge in [-0.3, -0.25) is 0 Å². The molecule has 1 nitrogen and oxygen atoms in total. The summed E-state index contributed by atoms with van der Waals surface area (Å²) in [5.74, 6) is 0.136. The van der Waals surface area contributed by atoms with Crippen molar-refractivity contribution in [2.45, 2.75) is 31.5 Å². The number of methoxy groups -OCH3 is 1. The second kappa shape index (κ2) is 2.37. The fourth-order valence-corrected chi connectivity index (χ4v) is 1.58. The number of halogens is 3. The molecule has 11 heavy (non-hydrogen) atoms. The van der Waals surface area contributed by atoms with E-state index in [1.54, 1.807) is 6.92 Å². The fraction of sp³-hybridized carbons (Fsp3) is 1.00. The highest BCUT2D eigenvalue weighted by atomic mass is 19.4. The Morgan fingerprint density at radius 1 is 1.36 bits per heavy atom. The number of hydrogen-bond acceptors (Lipinski definition) is 1. The summed E-state index contributed by atoms with van der Waals surface area (Å²) in [5, 5.41) is 0. The summed E-state index contributed by atoms with van der Waals surface area (Å²) in [6, 6.07) is 0. The maximum atomic E-state index is 12.2. The Hall–Kier alpha value is -0.250. The van der Waals surface area contributed by atoms with Gasteiger partial charge >= 0.3 is 6.18 Å². The van der Waals surface area contributed by atoms with E-state index in [1.165, 1.54) is 0 Å². The quantitative estimate of drug-likeness (QED) is 0.584. The van der Waals surface area contributed by atoms with E-state index in [0.717, 1.165) is 7.11 Å². The third kappa shape index (κ3) is 1.24. The molecule has 0 heterocycles. The minimum atomic E-state index is -4.20. The molecule has 0 saturated heterocycles. The lowest BCUT2D eigenvalue weighted by Crippen LogP contribution is -2.55. The predicted octanol–water partition coefficient (Wildman–Crippen LogP) is 2.36. The zero-order valence-corrected chi connectivity index (χ0v) is 6.53. The van der Waals surface area contributed by atoms with Crippen LogP contribution in [-0.2, 0) is 4.74 Å². The van der Waals surface area contributed by atoms with Gasteiger partial charge < -0.3 is 4.74 Å². The van der Waals surface area contributed by atoms with Gasteiger partial charge in [-0.1, -0.05) is 6.92 Å². The van der Waals surface area contributed by atoms with Gasteiger partial charge in [0, 0.05) is 7.11 Å². The van der Waals surface area contributed by atoms with Gasteiger partial charge in [0.1, 0.15) is 0 Å². The third-order valence-corrected chi connectivity index (χ3v) is 2.26. The van der Waals surface area contributed by atoms with Crippen LogP contribution < -0.4 is 0 Å². The molecule has 0 aromatic heterocycles. The van der Waals surface area contributed by atoms with Crippen molar-refractivity contribution < 1.29 is 17.9 Å². The van der Waals surface area contributed by atoms with Gasteiger partial charge in [0.25, 0.3) is 0 Å². The predicted molar refractivity (Wildman–Crippen MR) is 34.2 cm³/mol. The lowest BCUT2D eigenvalue weighted by atomic mass is 9.71. The summed E-state index contributed by atoms with van der Waals surface area (Å²) in [7, 11) is 1.12. The zero-order chi connectivity index (χ0) is 8.70. The van der Waals surface area contributed by atoms with E-state index in [9.17, 15) is 13.2 Å². The molecule has 0 atom stereocenters. The van der Waals surface area contributed by atoms with Crippen LogP contribution in [0, 0.1) is 5.92 Å². The van der Waals surface area contributed by atoms with Gasteiger partial charge in [-0.15, -0.1) is 0 Å². The van der Waals surface area contributed by atoms with Crippen molar-refractivity contribution in [3.05, 3.63) is 0 Å². The van der Waals surface area contributed by atoms with Crippen molar-refractivity contribution >= 4 is 0 Å². The van der Waals surface area contributed by atoms with Crippen molar-refractivity contribution in [2.75, 3.05) is 7.11 Å². The van der Waals surface area contributed by atoms with Crippen LogP contribution in [0.3, 0.4) is 0 Å². The molecular formula is C7H11F3O. The van der Waals surface area contributed by atoms with Crippen molar-refractivity contribution in [1.82, 2.24) is 0 Å². The molecule has 0 amide bonds. The molecule has 0 aliphatic heterocycles. The molecule has 0 N–H and O–H groups in total. The van der Waals surface area contributed by atoms with Crippen LogP contribution in [0.5, 0.6) is 0 Å². The summed E-state index contributed by atoms with van der Waals surface area (Å²) in [6.45, 7) is 1.79. The molecule has 1 fully saturated rings. The van der Waals surface area contributed by atoms with Crippen LogP contribution in [0.4, 0.5) is 13.2 Å². The van der Waals surface area contributed by atoms with E-state index < -0.39 is 11.8 Å². The minimum Gasteiger partial charge on any atom is -0.369 e. The summed E-state index contributed by atoms with van der Waals surface area (Å²) >= 11 is 0. The van der Waals surface area contributed by atoms with Gasteiger partial charge in [-0.25, -0.2) is 0 Å². The van der Waals surface area contributed by atoms with Crippen molar-refractivity contribution in [3.63, 3.8) is 0 Å². The molecule has 1 aliphatic carbocycles. The van der Waals surface area contributed by atoms with Crippen LogP contribution in [0.1, 0.15) is 19.8 Å². The Kier molecular flexibility index (Phi) is 1.90. The Bertz CT molecular complexity index is 146. The molecule has 0 radical (unpaired) electrons. The molecule has 1 rings (SSSR count). The normalized spacial score (nSPS) is 38.5. The monoisotopic (exact) mass is 168 g/mol. The van der Waals surface area contributed by atoms with E-state index in [0.29, 0.717) is 0 Å². The van der Waals surface area contributed by atoms with Crippen LogP contribution >= 0.6 is 0 Å². The van der Waals surface area contributed by atoms with Gasteiger partial charge in [0.05, 0.1) is 0 Å². The summed E-state index contributed by atoms with van der Waals surface area (Å²) in [6.07, 6.45) is -3.99. The highest BCUT2D eigenvalue weighted by Gasteiger charge is 2.61. The fourth-order valence-electron chi connectivity index (χ4n) is 1.58. The highest BCUT2D eigenvalue weighted by Crippen LogP contribution is 2.50. The Balaban J connectivity index is 2.65. The van der Waals surface area contributed by atoms with E-state index in [4.69, 9.17) is 0 Å². The summed E-state index contributed by atoms with van der Waals surface area (Å²) < 4.78 is 41.1. The number of rotatable bonds is 1.